The Morgan fingerprint density at radius 3 is 2.54 bits per heavy atom. The topological polar surface area (TPSA) is 75.2 Å². The van der Waals surface area contributed by atoms with Gasteiger partial charge in [-0.25, -0.2) is 4.79 Å². The van der Waals surface area contributed by atoms with Crippen molar-refractivity contribution < 1.29 is 14.3 Å². The number of methoxy groups -OCH3 is 1. The molecule has 0 atom stereocenters. The Morgan fingerprint density at radius 1 is 1.27 bits per heavy atom. The van der Waals surface area contributed by atoms with E-state index in [9.17, 15) is 4.79 Å². The number of benzene rings is 1. The molecule has 146 valence electrons. The lowest BCUT2D eigenvalue weighted by Crippen LogP contribution is -2.42. The van der Waals surface area contributed by atoms with E-state index in [0.717, 1.165) is 16.9 Å². The number of nitrogens with zero attached hydrogens (tertiary/aromatic N) is 2. The van der Waals surface area contributed by atoms with Gasteiger partial charge in [0, 0.05) is 39.3 Å². The number of ether oxygens (including phenoxy) is 2. The molecular weight excluding hydrogens is 332 g/mol. The van der Waals surface area contributed by atoms with Crippen molar-refractivity contribution in [1.82, 2.24) is 15.5 Å². The largest absolute Gasteiger partial charge is 0.496 e. The number of guanidine groups is 1. The summed E-state index contributed by atoms with van der Waals surface area (Å²) in [6, 6.07) is 6.08. The van der Waals surface area contributed by atoms with E-state index in [4.69, 9.17) is 9.47 Å². The summed E-state index contributed by atoms with van der Waals surface area (Å²) < 4.78 is 10.7. The quantitative estimate of drug-likeness (QED) is 0.599. The number of nitrogens with one attached hydrogen (secondary N) is 2. The molecule has 1 amide bonds. The zero-order valence-corrected chi connectivity index (χ0v) is 17.0. The number of amides is 1. The van der Waals surface area contributed by atoms with E-state index >= 15 is 0 Å². The first kappa shape index (κ1) is 21.6. The normalized spacial score (nSPS) is 11.7. The molecule has 0 radical (unpaired) electrons. The van der Waals surface area contributed by atoms with Crippen LogP contribution in [0.1, 0.15) is 31.9 Å². The predicted molar refractivity (Wildman–Crippen MR) is 105 cm³/mol. The number of hydrogen-bond acceptors (Lipinski definition) is 4. The van der Waals surface area contributed by atoms with E-state index in [1.165, 1.54) is 4.90 Å². The van der Waals surface area contributed by atoms with E-state index in [1.807, 2.05) is 45.9 Å². The molecule has 7 nitrogen and oxygen atoms in total. The second-order valence-electron chi connectivity index (χ2n) is 7.07. The van der Waals surface area contributed by atoms with Crippen molar-refractivity contribution in [2.75, 3.05) is 34.3 Å². The van der Waals surface area contributed by atoms with Crippen molar-refractivity contribution in [2.45, 2.75) is 39.8 Å². The number of carbonyl (C=O) groups excluding carboxylic acids is 1. The van der Waals surface area contributed by atoms with Gasteiger partial charge in [0.15, 0.2) is 5.96 Å². The molecule has 0 aliphatic rings. The molecule has 0 aromatic heterocycles. The number of hydrogen-bond donors (Lipinski definition) is 2. The van der Waals surface area contributed by atoms with Gasteiger partial charge in [-0.1, -0.05) is 12.1 Å². The standard InChI is InChI=1S/C19H32N4O3/c1-14-8-9-15(16(12-14)25-7)13-22-17(20-5)21-10-11-23(6)18(24)26-19(2,3)4/h8-9,12H,10-11,13H2,1-7H3,(H2,20,21,22). The molecule has 0 saturated heterocycles. The van der Waals surface area contributed by atoms with E-state index < -0.39 is 5.60 Å². The van der Waals surface area contributed by atoms with Gasteiger partial charge in [-0.3, -0.25) is 4.99 Å². The fourth-order valence-electron chi connectivity index (χ4n) is 2.17. The second kappa shape index (κ2) is 9.89. The van der Waals surface area contributed by atoms with Crippen LogP contribution in [0.4, 0.5) is 4.79 Å². The van der Waals surface area contributed by atoms with Crippen molar-refractivity contribution in [1.29, 1.82) is 0 Å². The number of likely N-dealkylation sites (N-methyl/N-ethyl adjacent to an activating group) is 1. The summed E-state index contributed by atoms with van der Waals surface area (Å²) in [4.78, 5) is 17.7. The van der Waals surface area contributed by atoms with Gasteiger partial charge < -0.3 is 25.0 Å². The lowest BCUT2D eigenvalue weighted by molar-refractivity contribution is 0.0302. The van der Waals surface area contributed by atoms with Crippen LogP contribution in [-0.2, 0) is 11.3 Å². The molecule has 0 heterocycles. The average Bonchev–Trinajstić information content (AvgIpc) is 2.56. The number of aliphatic imine (C=N–C) groups is 1. The van der Waals surface area contributed by atoms with Crippen molar-refractivity contribution >= 4 is 12.1 Å². The summed E-state index contributed by atoms with van der Waals surface area (Å²) in [7, 11) is 5.08. The first-order valence-corrected chi connectivity index (χ1v) is 8.68. The summed E-state index contributed by atoms with van der Waals surface area (Å²) in [5, 5.41) is 6.43. The average molecular weight is 364 g/mol. The molecule has 2 N–H and O–H groups in total. The fourth-order valence-corrected chi connectivity index (χ4v) is 2.17. The molecule has 1 aromatic carbocycles. The zero-order valence-electron chi connectivity index (χ0n) is 17.0. The molecule has 0 fully saturated rings. The molecule has 0 aliphatic heterocycles. The molecule has 1 rings (SSSR count). The SMILES string of the molecule is CN=C(NCCN(C)C(=O)OC(C)(C)C)NCc1ccc(C)cc1OC. The Hall–Kier alpha value is -2.44. The first-order chi connectivity index (χ1) is 12.2. The highest BCUT2D eigenvalue weighted by molar-refractivity contribution is 5.79. The fraction of sp³-hybridized carbons (Fsp3) is 0.579. The Labute approximate surface area is 156 Å². The molecule has 0 aliphatic carbocycles. The minimum atomic E-state index is -0.497. The lowest BCUT2D eigenvalue weighted by Gasteiger charge is -2.25. The van der Waals surface area contributed by atoms with Gasteiger partial charge in [0.25, 0.3) is 0 Å². The predicted octanol–water partition coefficient (Wildman–Crippen LogP) is 2.54. The van der Waals surface area contributed by atoms with Crippen LogP contribution < -0.4 is 15.4 Å². The third kappa shape index (κ3) is 7.63. The van der Waals surface area contributed by atoms with Gasteiger partial charge in [-0.05, 0) is 39.3 Å². The van der Waals surface area contributed by atoms with E-state index in [-0.39, 0.29) is 6.09 Å². The maximum atomic E-state index is 11.9. The van der Waals surface area contributed by atoms with E-state index in [2.05, 4.69) is 15.6 Å². The smallest absolute Gasteiger partial charge is 0.410 e. The van der Waals surface area contributed by atoms with Crippen LogP contribution in [0.25, 0.3) is 0 Å². The Morgan fingerprint density at radius 2 is 1.96 bits per heavy atom. The maximum absolute atomic E-state index is 11.9. The van der Waals surface area contributed by atoms with E-state index in [1.54, 1.807) is 21.2 Å². The maximum Gasteiger partial charge on any atom is 0.410 e. The molecule has 0 unspecified atom stereocenters. The van der Waals surface area contributed by atoms with Crippen molar-refractivity contribution in [3.05, 3.63) is 29.3 Å². The monoisotopic (exact) mass is 364 g/mol. The second-order valence-corrected chi connectivity index (χ2v) is 7.07. The van der Waals surface area contributed by atoms with Crippen LogP contribution in [0, 0.1) is 6.92 Å². The molecule has 0 bridgehead atoms. The van der Waals surface area contributed by atoms with Gasteiger partial charge in [-0.2, -0.15) is 0 Å². The third-order valence-corrected chi connectivity index (χ3v) is 3.56. The highest BCUT2D eigenvalue weighted by Gasteiger charge is 2.19. The van der Waals surface area contributed by atoms with Crippen molar-refractivity contribution in [3.63, 3.8) is 0 Å². The van der Waals surface area contributed by atoms with Gasteiger partial charge in [0.05, 0.1) is 7.11 Å². The zero-order chi connectivity index (χ0) is 19.7. The molecule has 26 heavy (non-hydrogen) atoms. The Bertz CT molecular complexity index is 624. The van der Waals surface area contributed by atoms with Crippen LogP contribution in [0.2, 0.25) is 0 Å². The highest BCUT2D eigenvalue weighted by atomic mass is 16.6. The summed E-state index contributed by atoms with van der Waals surface area (Å²) in [5.41, 5.74) is 1.70. The minimum Gasteiger partial charge on any atom is -0.496 e. The van der Waals surface area contributed by atoms with Crippen LogP contribution >= 0.6 is 0 Å². The van der Waals surface area contributed by atoms with Crippen molar-refractivity contribution in [3.8, 4) is 5.75 Å². The van der Waals surface area contributed by atoms with Gasteiger partial charge in [0.2, 0.25) is 0 Å². The molecule has 1 aromatic rings. The van der Waals surface area contributed by atoms with Crippen LogP contribution in [-0.4, -0.2) is 56.8 Å². The van der Waals surface area contributed by atoms with Crippen LogP contribution in [0.5, 0.6) is 5.75 Å². The molecule has 0 spiro atoms. The lowest BCUT2D eigenvalue weighted by atomic mass is 10.1. The minimum absolute atomic E-state index is 0.341. The summed E-state index contributed by atoms with van der Waals surface area (Å²) in [6.07, 6.45) is -0.341. The summed E-state index contributed by atoms with van der Waals surface area (Å²) in [5.74, 6) is 1.50. The molecular formula is C19H32N4O3. The first-order valence-electron chi connectivity index (χ1n) is 8.68. The summed E-state index contributed by atoms with van der Waals surface area (Å²) >= 11 is 0. The highest BCUT2D eigenvalue weighted by Crippen LogP contribution is 2.19. The molecule has 7 heteroatoms. The van der Waals surface area contributed by atoms with Crippen LogP contribution in [0.3, 0.4) is 0 Å². The van der Waals surface area contributed by atoms with Gasteiger partial charge >= 0.3 is 6.09 Å². The van der Waals surface area contributed by atoms with Crippen LogP contribution in [0.15, 0.2) is 23.2 Å². The van der Waals surface area contributed by atoms with Gasteiger partial charge in [0.1, 0.15) is 11.4 Å². The number of rotatable bonds is 6. The Balaban J connectivity index is 2.45. The third-order valence-electron chi connectivity index (χ3n) is 3.56. The summed E-state index contributed by atoms with van der Waals surface area (Å²) in [6.45, 7) is 9.22. The van der Waals surface area contributed by atoms with E-state index in [0.29, 0.717) is 25.6 Å². The van der Waals surface area contributed by atoms with Gasteiger partial charge in [-0.15, -0.1) is 0 Å². The van der Waals surface area contributed by atoms with Crippen molar-refractivity contribution in [2.24, 2.45) is 4.99 Å². The number of aryl methyl sites for hydroxylation is 1. The number of carbonyl (C=O) groups is 1. The molecule has 0 saturated carbocycles. The Kier molecular flexibility index (Phi) is 8.22.